The van der Waals surface area contributed by atoms with Crippen molar-refractivity contribution in [3.8, 4) is 0 Å². The quantitative estimate of drug-likeness (QED) is 0.102. The first-order valence-corrected chi connectivity index (χ1v) is 42.2. The molecule has 0 aromatic rings. The summed E-state index contributed by atoms with van der Waals surface area (Å²) in [4.78, 5) is 100.0. The van der Waals surface area contributed by atoms with E-state index in [2.05, 4.69) is 0 Å². The van der Waals surface area contributed by atoms with Crippen molar-refractivity contribution in [2.45, 2.75) is 465 Å². The van der Waals surface area contributed by atoms with Crippen molar-refractivity contribution >= 4 is 46.8 Å². The molecule has 20 atom stereocenters. The van der Waals surface area contributed by atoms with Gasteiger partial charge in [-0.2, -0.15) is 0 Å². The van der Waals surface area contributed by atoms with Gasteiger partial charge in [0.1, 0.15) is 66.1 Å². The Labute approximate surface area is 686 Å². The average molecular weight is 1670 g/mol. The fraction of sp³-hybridized carbons (Fsp3) is 0.905. The molecule has 15 aliphatic rings. The van der Waals surface area contributed by atoms with Crippen LogP contribution >= 0.6 is 0 Å². The number of ketones is 5. The first kappa shape index (κ1) is 93.6. The van der Waals surface area contributed by atoms with Crippen molar-refractivity contribution in [3.05, 3.63) is 0 Å². The van der Waals surface area contributed by atoms with E-state index in [9.17, 15) is 48.6 Å². The van der Waals surface area contributed by atoms with Crippen molar-refractivity contribution in [2.75, 3.05) is 20.3 Å². The second kappa shape index (κ2) is 32.1. The van der Waals surface area contributed by atoms with E-state index in [0.29, 0.717) is 89.9 Å². The number of esters is 3. The molecule has 0 spiro atoms. The van der Waals surface area contributed by atoms with E-state index in [1.54, 1.807) is 96.9 Å². The fourth-order valence-electron chi connectivity index (χ4n) is 19.9. The molecule has 2 N–H and O–H groups in total. The Morgan fingerprint density at radius 1 is 0.333 bits per heavy atom. The Bertz CT molecular complexity index is 3700. The van der Waals surface area contributed by atoms with Crippen LogP contribution < -0.4 is 0 Å². The highest BCUT2D eigenvalue weighted by molar-refractivity contribution is 5.98. The van der Waals surface area contributed by atoms with Crippen LogP contribution in [0.15, 0.2) is 0 Å². The number of hydrogen-bond donors (Lipinski definition) is 2. The van der Waals surface area contributed by atoms with Crippen molar-refractivity contribution < 1.29 is 158 Å². The lowest BCUT2D eigenvalue weighted by atomic mass is 9.70. The van der Waals surface area contributed by atoms with Gasteiger partial charge in [0.2, 0.25) is 5.60 Å². The number of ether oxygens (including phenoxy) is 23. The molecule has 117 heavy (non-hydrogen) atoms. The van der Waals surface area contributed by atoms with Crippen molar-refractivity contribution in [3.63, 3.8) is 0 Å². The summed E-state index contributed by atoms with van der Waals surface area (Å²) in [6, 6.07) is 0. The van der Waals surface area contributed by atoms with Crippen LogP contribution in [0.2, 0.25) is 0 Å². The third-order valence-electron chi connectivity index (χ3n) is 26.0. The Morgan fingerprint density at radius 2 is 0.624 bits per heavy atom. The highest BCUT2D eigenvalue weighted by Gasteiger charge is 2.76. The summed E-state index contributed by atoms with van der Waals surface area (Å²) < 4.78 is 135. The van der Waals surface area contributed by atoms with Gasteiger partial charge in [-0.05, 0) is 161 Å². The van der Waals surface area contributed by atoms with Gasteiger partial charge in [0.25, 0.3) is 0 Å². The molecule has 33 nitrogen and oxygen atoms in total. The van der Waals surface area contributed by atoms with Crippen LogP contribution in [0.3, 0.4) is 0 Å². The highest BCUT2D eigenvalue weighted by atomic mass is 16.8. The molecule has 5 saturated carbocycles. The Morgan fingerprint density at radius 3 is 1.03 bits per heavy atom. The molecule has 15 fully saturated rings. The maximum Gasteiger partial charge on any atom is 0.341 e. The van der Waals surface area contributed by atoms with Crippen LogP contribution in [0.25, 0.3) is 0 Å². The van der Waals surface area contributed by atoms with Crippen molar-refractivity contribution in [1.29, 1.82) is 0 Å². The van der Waals surface area contributed by atoms with E-state index >= 15 is 0 Å². The zero-order valence-corrected chi connectivity index (χ0v) is 73.7. The summed E-state index contributed by atoms with van der Waals surface area (Å²) in [6.07, 6.45) is -2.16. The van der Waals surface area contributed by atoms with Crippen LogP contribution in [0.1, 0.15) is 276 Å². The van der Waals surface area contributed by atoms with Gasteiger partial charge in [0.05, 0.1) is 48.8 Å². The summed E-state index contributed by atoms with van der Waals surface area (Å²) in [5.74, 6) is -11.2. The third-order valence-corrected chi connectivity index (χ3v) is 26.0. The van der Waals surface area contributed by atoms with E-state index in [4.69, 9.17) is 109 Å². The Hall–Kier alpha value is -4.12. The Kier molecular flexibility index (Phi) is 25.7. The van der Waals surface area contributed by atoms with Crippen LogP contribution in [0.4, 0.5) is 0 Å². The lowest BCUT2D eigenvalue weighted by molar-refractivity contribution is -0.236. The zero-order chi connectivity index (χ0) is 87.1. The molecule has 0 radical (unpaired) electrons. The largest absolute Gasteiger partial charge is 0.467 e. The van der Waals surface area contributed by atoms with E-state index in [1.807, 2.05) is 69.2 Å². The molecular formula is C84H132O33. The predicted molar refractivity (Wildman–Crippen MR) is 405 cm³/mol. The molecule has 0 bridgehead atoms. The highest BCUT2D eigenvalue weighted by Crippen LogP contribution is 2.59. The standard InChI is InChI=1S/2C17H26O7.2C17H28O6.C16H24O7/c1-6-17(7-2)21-11-8-16(9-20-10(3)18)14(12(19)13(11)22-17)23-15(4,5)24-16;1-6-17(7-2)23-14-12(19)13-11(21-15(4,5)22-13)8-16(14,24-17)9-20-10(3)18;1-7-16(8-2)20-10-9-17(14(3,4)19)13(11(18)12(10)21-16)22-15(5,6)23-17;1-7-16(8-2)22-13-11(18)12-10(20-15(5,6)21-12)9-17(13,23-16)14(3,4)19;1-6-15(7-2)20-9-8-16(13(18)19-5)12(10(17)11(9)21-15)22-14(3,4)23-16/h2*11,13-14H,6-9H2,1-5H3;2*10,12-13,19H,7-9H2,1-6H3;9,11-12H,6-8H2,1-5H3/t2*11-,13?,14+,16+;2*10-,12?,13+,17-;9-,11?,12+,16-/m11111/s1. The molecule has 15 rings (SSSR count). The SMILES string of the molecule is CCC1(CC)OC2C(=O)[C@@H]3OC(C)(C)O[C@]3(C(=O)OC)C[C@H]2O1.CCC1(CC)OC2C(=O)[C@@H]3OC(C)(C)O[C@]3(C(C)(C)O)C[C@H]2O1.CCC1(CC)OC2C(=O)[C@@H]3OC(C)(C)O[C@]3(COC(C)=O)C[C@H]2O1.CCC1(CC)O[C@H]2C(=O)C3OC(C)(C)O[C@@H]3C[C@@]2(C(C)(C)O)O1.CCC1(CC)O[C@H]2C(=O)C3OC(C)(C)O[C@@H]3C[C@@]2(COC(C)=O)O1. The van der Waals surface area contributed by atoms with Gasteiger partial charge in [0.15, 0.2) is 117 Å². The van der Waals surface area contributed by atoms with Gasteiger partial charge >= 0.3 is 17.9 Å². The molecule has 10 saturated heterocycles. The maximum atomic E-state index is 13.0. The molecule has 5 unspecified atom stereocenters. The van der Waals surface area contributed by atoms with E-state index < -0.39 is 207 Å². The summed E-state index contributed by atoms with van der Waals surface area (Å²) >= 11 is 0. The van der Waals surface area contributed by atoms with Gasteiger partial charge in [-0.15, -0.1) is 0 Å². The number of rotatable bonds is 17. The minimum atomic E-state index is -1.47. The number of Topliss-reactive ketones (excluding diaryl/α,β-unsaturated/α-hetero) is 5. The van der Waals surface area contributed by atoms with Crippen LogP contribution in [-0.2, 0) is 147 Å². The van der Waals surface area contributed by atoms with Crippen molar-refractivity contribution in [1.82, 2.24) is 0 Å². The second-order valence-electron chi connectivity index (χ2n) is 37.1. The van der Waals surface area contributed by atoms with E-state index in [-0.39, 0.29) is 48.6 Å². The van der Waals surface area contributed by atoms with E-state index in [0.717, 1.165) is 0 Å². The van der Waals surface area contributed by atoms with Crippen LogP contribution in [0.5, 0.6) is 0 Å². The monoisotopic (exact) mass is 1670 g/mol. The molecule has 0 aromatic carbocycles. The number of aliphatic hydroxyl groups is 2. The molecule has 0 amide bonds. The summed E-state index contributed by atoms with van der Waals surface area (Å²) in [5, 5.41) is 21.6. The van der Waals surface area contributed by atoms with Crippen molar-refractivity contribution in [2.24, 2.45) is 0 Å². The van der Waals surface area contributed by atoms with Gasteiger partial charge in [0, 0.05) is 46.0 Å². The first-order chi connectivity index (χ1) is 54.0. The molecule has 10 heterocycles. The molecular weight excluding hydrogens is 1540 g/mol. The van der Waals surface area contributed by atoms with Crippen LogP contribution in [0, 0.1) is 0 Å². The van der Waals surface area contributed by atoms with Gasteiger partial charge in [-0.25, -0.2) is 4.79 Å². The molecule has 5 aliphatic carbocycles. The third kappa shape index (κ3) is 16.8. The zero-order valence-electron chi connectivity index (χ0n) is 73.7. The first-order valence-electron chi connectivity index (χ1n) is 42.2. The smallest absolute Gasteiger partial charge is 0.341 e. The number of fused-ring (bicyclic) bond motifs is 10. The molecule has 0 aromatic heterocycles. The van der Waals surface area contributed by atoms with Gasteiger partial charge in [-0.1, -0.05) is 69.2 Å². The molecule has 33 heteroatoms. The Balaban J connectivity index is 0.000000144. The number of hydrogen-bond acceptors (Lipinski definition) is 33. The topological polar surface area (TPSA) is 389 Å². The minimum absolute atomic E-state index is 0.0342. The van der Waals surface area contributed by atoms with Crippen LogP contribution in [-0.4, -0.2) is 266 Å². The van der Waals surface area contributed by atoms with Gasteiger partial charge in [-0.3, -0.25) is 33.6 Å². The normalized spacial score (nSPS) is 40.5. The number of carbonyl (C=O) groups is 8. The predicted octanol–water partition coefficient (Wildman–Crippen LogP) is 8.59. The lowest BCUT2D eigenvalue weighted by Crippen LogP contribution is -2.66. The minimum Gasteiger partial charge on any atom is -0.467 e. The van der Waals surface area contributed by atoms with E-state index in [1.165, 1.54) is 21.0 Å². The number of carbonyl (C=O) groups excluding carboxylic acids is 8. The molecule has 10 aliphatic heterocycles. The fourth-order valence-corrected chi connectivity index (χ4v) is 19.9. The second-order valence-corrected chi connectivity index (χ2v) is 37.1. The lowest BCUT2D eigenvalue weighted by Gasteiger charge is -2.46. The summed E-state index contributed by atoms with van der Waals surface area (Å²) in [7, 11) is 1.27. The van der Waals surface area contributed by atoms with Gasteiger partial charge < -0.3 is 119 Å². The summed E-state index contributed by atoms with van der Waals surface area (Å²) in [6.45, 7) is 46.3. The average Bonchev–Trinajstić information content (AvgIpc) is 1.57. The molecule has 666 valence electrons. The summed E-state index contributed by atoms with van der Waals surface area (Å²) in [5.41, 5.74) is -8.29. The number of methoxy groups -OCH3 is 1. The maximum absolute atomic E-state index is 13.0.